The molecule has 7 nitrogen and oxygen atoms in total. The van der Waals surface area contributed by atoms with Gasteiger partial charge in [-0.1, -0.05) is 70.4 Å². The number of allylic oxidation sites excluding steroid dienone is 2. The van der Waals surface area contributed by atoms with E-state index in [1.807, 2.05) is 0 Å². The molecule has 0 bridgehead atoms. The maximum Gasteiger partial charge on any atom is 0.309 e. The first-order valence-electron chi connectivity index (χ1n) is 12.1. The number of rotatable bonds is 17. The molecule has 0 aromatic carbocycles. The number of aliphatic hydroxyl groups excluding tert-OH is 4. The highest BCUT2D eigenvalue weighted by molar-refractivity contribution is 5.70. The smallest absolute Gasteiger partial charge is 0.309 e. The van der Waals surface area contributed by atoms with Crippen molar-refractivity contribution in [2.24, 2.45) is 5.92 Å². The van der Waals surface area contributed by atoms with E-state index < -0.39 is 49.0 Å². The summed E-state index contributed by atoms with van der Waals surface area (Å²) in [7, 11) is 0. The number of carboxylic acids is 1. The van der Waals surface area contributed by atoms with Gasteiger partial charge in [-0.25, -0.2) is 0 Å². The lowest BCUT2D eigenvalue weighted by atomic mass is 9.85. The molecule has 0 spiro atoms. The van der Waals surface area contributed by atoms with Gasteiger partial charge in [-0.2, -0.15) is 0 Å². The van der Waals surface area contributed by atoms with E-state index in [1.165, 1.54) is 38.5 Å². The topological polar surface area (TPSA) is 127 Å². The van der Waals surface area contributed by atoms with Crippen LogP contribution in [0.1, 0.15) is 90.4 Å². The Bertz CT molecular complexity index is 494. The fourth-order valence-corrected chi connectivity index (χ4v) is 4.15. The highest BCUT2D eigenvalue weighted by atomic mass is 16.5. The van der Waals surface area contributed by atoms with Crippen LogP contribution in [-0.4, -0.2) is 68.6 Å². The van der Waals surface area contributed by atoms with Gasteiger partial charge in [0.05, 0.1) is 18.6 Å². The molecule has 0 saturated carbocycles. The third kappa shape index (κ3) is 10.4. The lowest BCUT2D eigenvalue weighted by Gasteiger charge is -2.42. The maximum atomic E-state index is 11.7. The standard InChI is InChI=1S/C24H44O7/c1-2-3-4-5-6-7-8-9-10-11-12-13-14-15-16-18(24(29)30)23-22(28)21(27)20(26)19(17-25)31-23/h9-10,18-23,25-28H,2-8,11-17H2,1H3,(H,29,30)/b10-9-/t18?,19-,20-,21-,22+,23?/m1/s1. The Morgan fingerprint density at radius 3 is 1.94 bits per heavy atom. The molecule has 1 rings (SSSR count). The Morgan fingerprint density at radius 2 is 1.39 bits per heavy atom. The molecular weight excluding hydrogens is 400 g/mol. The Labute approximate surface area is 187 Å². The normalized spacial score (nSPS) is 27.6. The van der Waals surface area contributed by atoms with Gasteiger partial charge in [0.15, 0.2) is 0 Å². The van der Waals surface area contributed by atoms with Crippen molar-refractivity contribution in [3.8, 4) is 0 Å². The third-order valence-electron chi connectivity index (χ3n) is 6.17. The van der Waals surface area contributed by atoms with E-state index >= 15 is 0 Å². The summed E-state index contributed by atoms with van der Waals surface area (Å²) in [6.07, 6.45) is 11.7. The van der Waals surface area contributed by atoms with Gasteiger partial charge in [-0.15, -0.1) is 0 Å². The average molecular weight is 445 g/mol. The van der Waals surface area contributed by atoms with E-state index in [-0.39, 0.29) is 0 Å². The monoisotopic (exact) mass is 444 g/mol. The van der Waals surface area contributed by atoms with Gasteiger partial charge >= 0.3 is 5.97 Å². The molecule has 2 unspecified atom stereocenters. The predicted molar refractivity (Wildman–Crippen MR) is 120 cm³/mol. The van der Waals surface area contributed by atoms with Crippen molar-refractivity contribution in [2.75, 3.05) is 6.61 Å². The fraction of sp³-hybridized carbons (Fsp3) is 0.875. The molecule has 1 fully saturated rings. The summed E-state index contributed by atoms with van der Waals surface area (Å²) in [6.45, 7) is 1.67. The van der Waals surface area contributed by atoms with Crippen LogP contribution in [0.25, 0.3) is 0 Å². The van der Waals surface area contributed by atoms with E-state index in [0.29, 0.717) is 12.8 Å². The first-order valence-corrected chi connectivity index (χ1v) is 12.1. The van der Waals surface area contributed by atoms with Crippen LogP contribution in [0, 0.1) is 5.92 Å². The first kappa shape index (κ1) is 28.0. The zero-order chi connectivity index (χ0) is 23.1. The molecule has 1 aliphatic heterocycles. The molecule has 182 valence electrons. The molecular formula is C24H44O7. The van der Waals surface area contributed by atoms with E-state index in [1.54, 1.807) is 0 Å². The van der Waals surface area contributed by atoms with E-state index in [9.17, 15) is 30.3 Å². The molecule has 1 aliphatic rings. The van der Waals surface area contributed by atoms with Crippen molar-refractivity contribution in [3.63, 3.8) is 0 Å². The van der Waals surface area contributed by atoms with Crippen molar-refractivity contribution in [1.29, 1.82) is 0 Å². The van der Waals surface area contributed by atoms with Gasteiger partial charge in [0.25, 0.3) is 0 Å². The van der Waals surface area contributed by atoms with Crippen LogP contribution in [0.5, 0.6) is 0 Å². The van der Waals surface area contributed by atoms with E-state index in [4.69, 9.17) is 4.74 Å². The zero-order valence-electron chi connectivity index (χ0n) is 19.1. The third-order valence-corrected chi connectivity index (χ3v) is 6.17. The number of aliphatic carboxylic acids is 1. The second kappa shape index (κ2) is 16.6. The van der Waals surface area contributed by atoms with Crippen LogP contribution < -0.4 is 0 Å². The summed E-state index contributed by atoms with van der Waals surface area (Å²) in [5.41, 5.74) is 0. The van der Waals surface area contributed by atoms with Crippen LogP contribution in [0.15, 0.2) is 12.2 Å². The number of unbranched alkanes of at least 4 members (excludes halogenated alkanes) is 10. The maximum absolute atomic E-state index is 11.7. The number of carbonyl (C=O) groups is 1. The number of hydrogen-bond acceptors (Lipinski definition) is 6. The van der Waals surface area contributed by atoms with Crippen molar-refractivity contribution in [3.05, 3.63) is 12.2 Å². The quantitative estimate of drug-likeness (QED) is 0.172. The van der Waals surface area contributed by atoms with Gasteiger partial charge in [-0.05, 0) is 32.1 Å². The van der Waals surface area contributed by atoms with Crippen LogP contribution in [-0.2, 0) is 9.53 Å². The Balaban J connectivity index is 2.21. The molecule has 1 saturated heterocycles. The lowest BCUT2D eigenvalue weighted by molar-refractivity contribution is -0.242. The van der Waals surface area contributed by atoms with Crippen molar-refractivity contribution in [1.82, 2.24) is 0 Å². The number of ether oxygens (including phenoxy) is 1. The number of hydrogen-bond donors (Lipinski definition) is 5. The minimum absolute atomic E-state index is 0.311. The Kier molecular flexibility index (Phi) is 15.0. The number of aliphatic hydroxyl groups is 4. The minimum Gasteiger partial charge on any atom is -0.481 e. The van der Waals surface area contributed by atoms with Crippen molar-refractivity contribution >= 4 is 5.97 Å². The molecule has 0 aromatic heterocycles. The van der Waals surface area contributed by atoms with Gasteiger partial charge in [0.1, 0.15) is 24.4 Å². The molecule has 1 heterocycles. The molecule has 0 aliphatic carbocycles. The second-order valence-corrected chi connectivity index (χ2v) is 8.76. The van der Waals surface area contributed by atoms with Gasteiger partial charge in [0.2, 0.25) is 0 Å². The Morgan fingerprint density at radius 1 is 0.839 bits per heavy atom. The predicted octanol–water partition coefficient (Wildman–Crippen LogP) is 3.18. The van der Waals surface area contributed by atoms with Crippen LogP contribution in [0.4, 0.5) is 0 Å². The van der Waals surface area contributed by atoms with Crippen LogP contribution in [0.3, 0.4) is 0 Å². The Hall–Kier alpha value is -0.990. The van der Waals surface area contributed by atoms with Gasteiger partial charge in [0, 0.05) is 0 Å². The molecule has 6 atom stereocenters. The average Bonchev–Trinajstić information content (AvgIpc) is 2.75. The molecule has 7 heteroatoms. The summed E-state index contributed by atoms with van der Waals surface area (Å²) in [4.78, 5) is 11.7. The number of carboxylic acid groups (broad SMARTS) is 1. The summed E-state index contributed by atoms with van der Waals surface area (Å²) < 4.78 is 5.42. The van der Waals surface area contributed by atoms with Gasteiger partial charge in [-0.3, -0.25) is 4.79 Å². The van der Waals surface area contributed by atoms with Gasteiger partial charge < -0.3 is 30.3 Å². The molecule has 0 amide bonds. The van der Waals surface area contributed by atoms with Crippen LogP contribution >= 0.6 is 0 Å². The highest BCUT2D eigenvalue weighted by Crippen LogP contribution is 2.29. The summed E-state index contributed by atoms with van der Waals surface area (Å²) in [5.74, 6) is -2.11. The minimum atomic E-state index is -1.54. The molecule has 0 aromatic rings. The lowest BCUT2D eigenvalue weighted by Crippen LogP contribution is -2.61. The van der Waals surface area contributed by atoms with E-state index in [2.05, 4.69) is 19.1 Å². The molecule has 31 heavy (non-hydrogen) atoms. The van der Waals surface area contributed by atoms with E-state index in [0.717, 1.165) is 32.1 Å². The fourth-order valence-electron chi connectivity index (χ4n) is 4.15. The zero-order valence-corrected chi connectivity index (χ0v) is 19.1. The molecule has 5 N–H and O–H groups in total. The molecule has 0 radical (unpaired) electrons. The second-order valence-electron chi connectivity index (χ2n) is 8.76. The van der Waals surface area contributed by atoms with Crippen molar-refractivity contribution < 1.29 is 35.1 Å². The first-order chi connectivity index (χ1) is 14.9. The van der Waals surface area contributed by atoms with Crippen molar-refractivity contribution in [2.45, 2.75) is 121 Å². The summed E-state index contributed by atoms with van der Waals surface area (Å²) >= 11 is 0. The largest absolute Gasteiger partial charge is 0.481 e. The van der Waals surface area contributed by atoms with Crippen LogP contribution in [0.2, 0.25) is 0 Å². The SMILES string of the molecule is CCCCCCCC/C=C\CCCCCCC(C(=O)O)C1O[C@H](CO)[C@@H](O)[C@@H](O)[C@@H]1O. The summed E-state index contributed by atoms with van der Waals surface area (Å²) in [6, 6.07) is 0. The highest BCUT2D eigenvalue weighted by Gasteiger charge is 2.47. The summed E-state index contributed by atoms with van der Waals surface area (Å²) in [5, 5.41) is 48.8.